The van der Waals surface area contributed by atoms with Crippen LogP contribution in [0.2, 0.25) is 0 Å². The van der Waals surface area contributed by atoms with Gasteiger partial charge in [-0.1, -0.05) is 6.08 Å². The van der Waals surface area contributed by atoms with Crippen LogP contribution >= 0.6 is 0 Å². The lowest BCUT2D eigenvalue weighted by Crippen LogP contribution is -2.26. The van der Waals surface area contributed by atoms with Crippen molar-refractivity contribution in [1.82, 2.24) is 9.88 Å². The molecule has 1 N–H and O–H groups in total. The molecule has 0 aliphatic heterocycles. The molecule has 2 rings (SSSR count). The second kappa shape index (κ2) is 6.98. The highest BCUT2D eigenvalue weighted by Gasteiger charge is 2.10. The molecule has 0 radical (unpaired) electrons. The Morgan fingerprint density at radius 1 is 1.35 bits per heavy atom. The number of nitrogens with zero attached hydrogens (tertiary/aromatic N) is 2. The molecular formula is C15H17FN2O2. The topological polar surface area (TPSA) is 49.5 Å². The largest absolute Gasteiger partial charge is 0.439 e. The molecule has 0 saturated heterocycles. The molecule has 1 aromatic carbocycles. The smallest absolute Gasteiger partial charge is 0.209 e. The number of oxazole rings is 1. The number of aliphatic hydroxyl groups excluding tert-OH is 1. The molecule has 2 aromatic rings. The number of aromatic nitrogens is 1. The van der Waals surface area contributed by atoms with Crippen LogP contribution in [-0.2, 0) is 6.54 Å². The van der Waals surface area contributed by atoms with E-state index in [4.69, 9.17) is 9.52 Å². The molecule has 0 fully saturated rings. The van der Waals surface area contributed by atoms with Gasteiger partial charge in [-0.3, -0.25) is 4.90 Å². The number of rotatable bonds is 7. The average Bonchev–Trinajstić information content (AvgIpc) is 2.89. The van der Waals surface area contributed by atoms with Crippen molar-refractivity contribution in [3.63, 3.8) is 0 Å². The van der Waals surface area contributed by atoms with Gasteiger partial charge < -0.3 is 9.52 Å². The minimum absolute atomic E-state index is 0.0688. The van der Waals surface area contributed by atoms with Crippen molar-refractivity contribution in [3.05, 3.63) is 54.8 Å². The number of hydrogen-bond donors (Lipinski definition) is 1. The summed E-state index contributed by atoms with van der Waals surface area (Å²) in [6, 6.07) is 6.06. The summed E-state index contributed by atoms with van der Waals surface area (Å²) >= 11 is 0. The molecule has 0 atom stereocenters. The fourth-order valence-corrected chi connectivity index (χ4v) is 1.88. The van der Waals surface area contributed by atoms with E-state index in [0.29, 0.717) is 31.3 Å². The van der Waals surface area contributed by atoms with Crippen LogP contribution in [0.25, 0.3) is 11.3 Å². The number of benzene rings is 1. The van der Waals surface area contributed by atoms with Crippen LogP contribution in [-0.4, -0.2) is 34.7 Å². The van der Waals surface area contributed by atoms with Gasteiger partial charge in [0.1, 0.15) is 5.82 Å². The van der Waals surface area contributed by atoms with E-state index in [1.807, 2.05) is 4.90 Å². The van der Waals surface area contributed by atoms with Gasteiger partial charge >= 0.3 is 0 Å². The lowest BCUT2D eigenvalue weighted by molar-refractivity contribution is 0.192. The zero-order valence-corrected chi connectivity index (χ0v) is 11.1. The first-order valence-corrected chi connectivity index (χ1v) is 6.37. The molecule has 5 heteroatoms. The van der Waals surface area contributed by atoms with Crippen molar-refractivity contribution < 1.29 is 13.9 Å². The molecule has 0 aliphatic rings. The first-order valence-electron chi connectivity index (χ1n) is 6.37. The van der Waals surface area contributed by atoms with E-state index in [0.717, 1.165) is 5.56 Å². The molecular weight excluding hydrogens is 259 g/mol. The quantitative estimate of drug-likeness (QED) is 0.789. The van der Waals surface area contributed by atoms with Gasteiger partial charge in [0, 0.05) is 18.7 Å². The van der Waals surface area contributed by atoms with Crippen molar-refractivity contribution in [2.75, 3.05) is 19.7 Å². The average molecular weight is 276 g/mol. The summed E-state index contributed by atoms with van der Waals surface area (Å²) < 4.78 is 18.5. The van der Waals surface area contributed by atoms with Gasteiger partial charge in [-0.2, -0.15) is 0 Å². The Kier molecular flexibility index (Phi) is 5.03. The molecule has 1 aromatic heterocycles. The fourth-order valence-electron chi connectivity index (χ4n) is 1.88. The molecule has 0 unspecified atom stereocenters. The third kappa shape index (κ3) is 3.76. The van der Waals surface area contributed by atoms with Crippen LogP contribution in [0.3, 0.4) is 0 Å². The third-order valence-electron chi connectivity index (χ3n) is 2.84. The summed E-state index contributed by atoms with van der Waals surface area (Å²) in [5.74, 6) is 0.871. The van der Waals surface area contributed by atoms with E-state index >= 15 is 0 Å². The van der Waals surface area contributed by atoms with Gasteiger partial charge in [0.2, 0.25) is 5.89 Å². The van der Waals surface area contributed by atoms with Crippen LogP contribution in [0.4, 0.5) is 4.39 Å². The predicted octanol–water partition coefficient (Wildman–Crippen LogP) is 2.46. The summed E-state index contributed by atoms with van der Waals surface area (Å²) in [6.07, 6.45) is 3.38. The Labute approximate surface area is 117 Å². The molecule has 106 valence electrons. The minimum Gasteiger partial charge on any atom is -0.439 e. The standard InChI is InChI=1S/C15H17FN2O2/c1-2-7-18(8-9-19)11-15-17-10-14(20-15)12-3-5-13(16)6-4-12/h2-6,10,19H,1,7-9,11H2. The minimum atomic E-state index is -0.284. The normalized spacial score (nSPS) is 10.9. The molecule has 1 heterocycles. The third-order valence-corrected chi connectivity index (χ3v) is 2.84. The van der Waals surface area contributed by atoms with E-state index in [-0.39, 0.29) is 12.4 Å². The van der Waals surface area contributed by atoms with E-state index in [2.05, 4.69) is 11.6 Å². The summed E-state index contributed by atoms with van der Waals surface area (Å²) in [5, 5.41) is 8.99. The maximum Gasteiger partial charge on any atom is 0.209 e. The molecule has 4 nitrogen and oxygen atoms in total. The molecule has 0 spiro atoms. The highest BCUT2D eigenvalue weighted by Crippen LogP contribution is 2.21. The number of aliphatic hydroxyl groups is 1. The van der Waals surface area contributed by atoms with Crippen molar-refractivity contribution in [2.45, 2.75) is 6.54 Å². The molecule has 0 aliphatic carbocycles. The van der Waals surface area contributed by atoms with Gasteiger partial charge in [0.05, 0.1) is 19.3 Å². The molecule has 0 bridgehead atoms. The monoisotopic (exact) mass is 276 g/mol. The van der Waals surface area contributed by atoms with Gasteiger partial charge in [0.15, 0.2) is 5.76 Å². The van der Waals surface area contributed by atoms with Crippen molar-refractivity contribution in [3.8, 4) is 11.3 Å². The Morgan fingerprint density at radius 3 is 2.75 bits per heavy atom. The second-order valence-corrected chi connectivity index (χ2v) is 4.37. The lowest BCUT2D eigenvalue weighted by Gasteiger charge is -2.16. The zero-order valence-electron chi connectivity index (χ0n) is 11.1. The van der Waals surface area contributed by atoms with Gasteiger partial charge in [-0.15, -0.1) is 6.58 Å². The summed E-state index contributed by atoms with van der Waals surface area (Å²) in [6.45, 7) is 5.41. The molecule has 20 heavy (non-hydrogen) atoms. The highest BCUT2D eigenvalue weighted by atomic mass is 19.1. The summed E-state index contributed by atoms with van der Waals surface area (Å²) in [4.78, 5) is 6.17. The van der Waals surface area contributed by atoms with Crippen LogP contribution in [0.1, 0.15) is 5.89 Å². The van der Waals surface area contributed by atoms with Crippen molar-refractivity contribution in [1.29, 1.82) is 0 Å². The van der Waals surface area contributed by atoms with Gasteiger partial charge in [-0.25, -0.2) is 9.37 Å². The first kappa shape index (κ1) is 14.4. The Hall–Kier alpha value is -1.98. The van der Waals surface area contributed by atoms with Gasteiger partial charge in [-0.05, 0) is 24.3 Å². The van der Waals surface area contributed by atoms with Crippen molar-refractivity contribution in [2.24, 2.45) is 0 Å². The second-order valence-electron chi connectivity index (χ2n) is 4.37. The Balaban J connectivity index is 2.08. The van der Waals surface area contributed by atoms with E-state index < -0.39 is 0 Å². The first-order chi connectivity index (χ1) is 9.72. The summed E-state index contributed by atoms with van der Waals surface area (Å²) in [5.41, 5.74) is 0.780. The van der Waals surface area contributed by atoms with Crippen LogP contribution in [0, 0.1) is 5.82 Å². The number of halogens is 1. The molecule has 0 amide bonds. The van der Waals surface area contributed by atoms with Gasteiger partial charge in [0.25, 0.3) is 0 Å². The SMILES string of the molecule is C=CCN(CCO)Cc1ncc(-c2ccc(F)cc2)o1. The lowest BCUT2D eigenvalue weighted by atomic mass is 10.2. The maximum atomic E-state index is 12.9. The zero-order chi connectivity index (χ0) is 14.4. The molecule has 0 saturated carbocycles. The Morgan fingerprint density at radius 2 is 2.10 bits per heavy atom. The van der Waals surface area contributed by atoms with E-state index in [9.17, 15) is 4.39 Å². The van der Waals surface area contributed by atoms with E-state index in [1.165, 1.54) is 12.1 Å². The highest BCUT2D eigenvalue weighted by molar-refractivity contribution is 5.55. The Bertz CT molecular complexity index is 551. The predicted molar refractivity (Wildman–Crippen MR) is 74.5 cm³/mol. The van der Waals surface area contributed by atoms with Crippen LogP contribution in [0.5, 0.6) is 0 Å². The summed E-state index contributed by atoms with van der Waals surface area (Å²) in [7, 11) is 0. The fraction of sp³-hybridized carbons (Fsp3) is 0.267. The van der Waals surface area contributed by atoms with E-state index in [1.54, 1.807) is 24.4 Å². The van der Waals surface area contributed by atoms with Crippen LogP contribution in [0.15, 0.2) is 47.5 Å². The maximum absolute atomic E-state index is 12.9. The van der Waals surface area contributed by atoms with Crippen LogP contribution < -0.4 is 0 Å². The number of hydrogen-bond acceptors (Lipinski definition) is 4. The van der Waals surface area contributed by atoms with Crippen molar-refractivity contribution >= 4 is 0 Å².